The fourth-order valence-electron chi connectivity index (χ4n) is 4.37. The van der Waals surface area contributed by atoms with Crippen LogP contribution in [0.15, 0.2) is 30.5 Å². The Hall–Kier alpha value is -3.94. The SMILES string of the molecule is Cc1cc(C(C)Nc2ccc(Cl)nc2C(=O)O)c2nc(N3CCOCC3)n3cc(C#N)nc3c2c1. The topological polar surface area (TPSA) is 129 Å². The first-order chi connectivity index (χ1) is 16.9. The van der Waals surface area contributed by atoms with Crippen molar-refractivity contribution in [3.8, 4) is 6.07 Å². The highest BCUT2D eigenvalue weighted by Crippen LogP contribution is 2.33. The van der Waals surface area contributed by atoms with Crippen LogP contribution >= 0.6 is 11.6 Å². The van der Waals surface area contributed by atoms with Crippen LogP contribution in [0.2, 0.25) is 5.15 Å². The van der Waals surface area contributed by atoms with Gasteiger partial charge in [0.05, 0.1) is 36.7 Å². The summed E-state index contributed by atoms with van der Waals surface area (Å²) in [6.45, 7) is 6.41. The van der Waals surface area contributed by atoms with Crippen molar-refractivity contribution in [2.75, 3.05) is 36.5 Å². The molecule has 35 heavy (non-hydrogen) atoms. The second-order valence-corrected chi connectivity index (χ2v) is 8.78. The highest BCUT2D eigenvalue weighted by molar-refractivity contribution is 6.29. The second kappa shape index (κ2) is 9.02. The Morgan fingerprint density at radius 3 is 2.74 bits per heavy atom. The van der Waals surface area contributed by atoms with Gasteiger partial charge in [0.2, 0.25) is 5.95 Å². The number of benzene rings is 1. The molecule has 0 saturated carbocycles. The summed E-state index contributed by atoms with van der Waals surface area (Å²) in [5, 5.41) is 23.3. The predicted octanol–water partition coefficient (Wildman–Crippen LogP) is 3.82. The molecule has 0 amide bonds. The van der Waals surface area contributed by atoms with Crippen molar-refractivity contribution in [3.63, 3.8) is 0 Å². The van der Waals surface area contributed by atoms with Crippen molar-refractivity contribution in [3.05, 3.63) is 58.1 Å². The van der Waals surface area contributed by atoms with Crippen LogP contribution in [0.4, 0.5) is 11.6 Å². The number of morpholine rings is 1. The maximum Gasteiger partial charge on any atom is 0.356 e. The molecule has 1 aliphatic heterocycles. The largest absolute Gasteiger partial charge is 0.476 e. The standard InChI is InChI=1S/C24H22ClN7O3/c1-13-9-16(14(2)27-18-3-4-19(25)29-21(18)23(33)34)20-17(10-13)22-28-15(11-26)12-32(22)24(30-20)31-5-7-35-8-6-31/h3-4,9-10,12,14,27H,5-8H2,1-2H3,(H,33,34). The van der Waals surface area contributed by atoms with Gasteiger partial charge >= 0.3 is 5.97 Å². The number of ether oxygens (including phenoxy) is 1. The summed E-state index contributed by atoms with van der Waals surface area (Å²) in [7, 11) is 0. The molecular formula is C24H22ClN7O3. The lowest BCUT2D eigenvalue weighted by molar-refractivity contribution is 0.0691. The number of carboxylic acid groups (broad SMARTS) is 1. The van der Waals surface area contributed by atoms with Gasteiger partial charge < -0.3 is 20.1 Å². The normalized spacial score (nSPS) is 14.7. The molecule has 11 heteroatoms. The van der Waals surface area contributed by atoms with Crippen molar-refractivity contribution < 1.29 is 14.6 Å². The van der Waals surface area contributed by atoms with E-state index in [1.54, 1.807) is 18.3 Å². The number of imidazole rings is 1. The number of hydrogen-bond acceptors (Lipinski definition) is 8. The van der Waals surface area contributed by atoms with Crippen LogP contribution in [0.25, 0.3) is 16.6 Å². The molecule has 3 aromatic heterocycles. The first kappa shape index (κ1) is 22.8. The van der Waals surface area contributed by atoms with E-state index in [0.717, 1.165) is 22.0 Å². The number of nitrogens with zero attached hydrogens (tertiary/aromatic N) is 6. The quantitative estimate of drug-likeness (QED) is 0.400. The lowest BCUT2D eigenvalue weighted by Gasteiger charge is -2.29. The molecule has 1 unspecified atom stereocenters. The van der Waals surface area contributed by atoms with Crippen molar-refractivity contribution in [1.29, 1.82) is 5.26 Å². The van der Waals surface area contributed by atoms with Gasteiger partial charge in [-0.25, -0.2) is 19.7 Å². The van der Waals surface area contributed by atoms with Crippen molar-refractivity contribution in [2.24, 2.45) is 0 Å². The number of anilines is 2. The van der Waals surface area contributed by atoms with Gasteiger partial charge in [-0.15, -0.1) is 0 Å². The van der Waals surface area contributed by atoms with Crippen LogP contribution in [0.3, 0.4) is 0 Å². The number of halogens is 1. The van der Waals surface area contributed by atoms with Gasteiger partial charge in [0.1, 0.15) is 11.2 Å². The zero-order valence-electron chi connectivity index (χ0n) is 19.1. The first-order valence-electron chi connectivity index (χ1n) is 11.1. The lowest BCUT2D eigenvalue weighted by Crippen LogP contribution is -2.38. The first-order valence-corrected chi connectivity index (χ1v) is 11.5. The number of rotatable bonds is 5. The van der Waals surface area contributed by atoms with Crippen molar-refractivity contribution >= 4 is 45.8 Å². The smallest absolute Gasteiger partial charge is 0.356 e. The van der Waals surface area contributed by atoms with E-state index in [4.69, 9.17) is 21.3 Å². The number of nitriles is 1. The number of aromatic carboxylic acids is 1. The number of fused-ring (bicyclic) bond motifs is 3. The third-order valence-electron chi connectivity index (χ3n) is 5.97. The van der Waals surface area contributed by atoms with Gasteiger partial charge in [0.15, 0.2) is 17.0 Å². The summed E-state index contributed by atoms with van der Waals surface area (Å²) in [5.74, 6) is -0.492. The monoisotopic (exact) mass is 491 g/mol. The van der Waals surface area contributed by atoms with E-state index in [9.17, 15) is 15.2 Å². The number of pyridine rings is 1. The van der Waals surface area contributed by atoms with Crippen molar-refractivity contribution in [2.45, 2.75) is 19.9 Å². The van der Waals surface area contributed by atoms with E-state index in [0.29, 0.717) is 49.3 Å². The molecule has 0 aliphatic carbocycles. The number of hydrogen-bond donors (Lipinski definition) is 2. The van der Waals surface area contributed by atoms with Crippen LogP contribution in [-0.4, -0.2) is 56.7 Å². The van der Waals surface area contributed by atoms with E-state index in [2.05, 4.69) is 26.3 Å². The number of aryl methyl sites for hydroxylation is 1. The van der Waals surface area contributed by atoms with Gasteiger partial charge in [0.25, 0.3) is 0 Å². The number of aromatic nitrogens is 4. The van der Waals surface area contributed by atoms with Gasteiger partial charge in [-0.2, -0.15) is 5.26 Å². The van der Waals surface area contributed by atoms with E-state index in [1.165, 1.54) is 0 Å². The Morgan fingerprint density at radius 1 is 1.26 bits per heavy atom. The van der Waals surface area contributed by atoms with Gasteiger partial charge in [0, 0.05) is 24.0 Å². The molecule has 1 aromatic carbocycles. The van der Waals surface area contributed by atoms with E-state index >= 15 is 0 Å². The average Bonchev–Trinajstić information content (AvgIpc) is 3.29. The minimum absolute atomic E-state index is 0.105. The Labute approximate surface area is 205 Å². The van der Waals surface area contributed by atoms with Crippen molar-refractivity contribution in [1.82, 2.24) is 19.4 Å². The third-order valence-corrected chi connectivity index (χ3v) is 6.18. The molecule has 0 radical (unpaired) electrons. The molecular weight excluding hydrogens is 470 g/mol. The van der Waals surface area contributed by atoms with Crippen LogP contribution in [-0.2, 0) is 4.74 Å². The van der Waals surface area contributed by atoms with E-state index in [1.807, 2.05) is 30.4 Å². The molecule has 178 valence electrons. The fourth-order valence-corrected chi connectivity index (χ4v) is 4.52. The average molecular weight is 492 g/mol. The molecule has 0 bridgehead atoms. The maximum atomic E-state index is 11.7. The zero-order valence-corrected chi connectivity index (χ0v) is 19.9. The maximum absolute atomic E-state index is 11.7. The second-order valence-electron chi connectivity index (χ2n) is 8.39. The molecule has 1 atom stereocenters. The molecule has 1 saturated heterocycles. The highest BCUT2D eigenvalue weighted by Gasteiger charge is 2.23. The van der Waals surface area contributed by atoms with Crippen LogP contribution in [0.1, 0.15) is 40.3 Å². The Balaban J connectivity index is 1.69. The number of carboxylic acids is 1. The van der Waals surface area contributed by atoms with E-state index in [-0.39, 0.29) is 16.9 Å². The molecule has 1 fully saturated rings. The van der Waals surface area contributed by atoms with Gasteiger partial charge in [-0.3, -0.25) is 4.40 Å². The van der Waals surface area contributed by atoms with Gasteiger partial charge in [-0.05, 0) is 37.6 Å². The predicted molar refractivity (Wildman–Crippen MR) is 131 cm³/mol. The summed E-state index contributed by atoms with van der Waals surface area (Å²) in [5.41, 5.74) is 3.72. The summed E-state index contributed by atoms with van der Waals surface area (Å²) < 4.78 is 7.37. The Morgan fingerprint density at radius 2 is 2.03 bits per heavy atom. The summed E-state index contributed by atoms with van der Waals surface area (Å²) in [4.78, 5) is 27.4. The molecule has 5 rings (SSSR count). The Kier molecular flexibility index (Phi) is 5.88. The minimum atomic E-state index is -1.17. The Bertz CT molecular complexity index is 1510. The van der Waals surface area contributed by atoms with E-state index < -0.39 is 5.97 Å². The van der Waals surface area contributed by atoms with Crippen LogP contribution in [0.5, 0.6) is 0 Å². The molecule has 2 N–H and O–H groups in total. The molecule has 4 aromatic rings. The zero-order chi connectivity index (χ0) is 24.7. The highest BCUT2D eigenvalue weighted by atomic mass is 35.5. The lowest BCUT2D eigenvalue weighted by atomic mass is 10.0. The third kappa shape index (κ3) is 4.20. The molecule has 1 aliphatic rings. The fraction of sp³-hybridized carbons (Fsp3) is 0.292. The molecule has 4 heterocycles. The van der Waals surface area contributed by atoms with Crippen LogP contribution < -0.4 is 10.2 Å². The van der Waals surface area contributed by atoms with Crippen LogP contribution in [0, 0.1) is 18.3 Å². The molecule has 0 spiro atoms. The number of nitrogens with one attached hydrogen (secondary N) is 1. The number of carbonyl (C=O) groups is 1. The summed E-state index contributed by atoms with van der Waals surface area (Å²) in [6, 6.07) is 8.97. The summed E-state index contributed by atoms with van der Waals surface area (Å²) >= 11 is 5.92. The van der Waals surface area contributed by atoms with Gasteiger partial charge in [-0.1, -0.05) is 17.7 Å². The molecule has 10 nitrogen and oxygen atoms in total. The summed E-state index contributed by atoms with van der Waals surface area (Å²) in [6.07, 6.45) is 1.70. The minimum Gasteiger partial charge on any atom is -0.476 e.